The van der Waals surface area contributed by atoms with Crippen molar-refractivity contribution in [2.24, 2.45) is 0 Å². The summed E-state index contributed by atoms with van der Waals surface area (Å²) >= 11 is 2.39. The van der Waals surface area contributed by atoms with E-state index in [0.29, 0.717) is 11.6 Å². The highest BCUT2D eigenvalue weighted by Gasteiger charge is 2.42. The van der Waals surface area contributed by atoms with Gasteiger partial charge in [0.05, 0.1) is 0 Å². The molecule has 1 atom stereocenters. The fourth-order valence-corrected chi connectivity index (χ4v) is 4.44. The fourth-order valence-electron chi connectivity index (χ4n) is 4.08. The van der Waals surface area contributed by atoms with Gasteiger partial charge in [0.25, 0.3) is 0 Å². The highest BCUT2D eigenvalue weighted by atomic mass is 127. The van der Waals surface area contributed by atoms with E-state index >= 15 is 0 Å². The van der Waals surface area contributed by atoms with Crippen molar-refractivity contribution in [2.45, 2.75) is 63.6 Å². The first kappa shape index (κ1) is 15.8. The van der Waals surface area contributed by atoms with E-state index in [0.717, 1.165) is 6.54 Å². The molecular weight excluding hydrogens is 371 g/mol. The Bertz CT molecular complexity index is 451. The van der Waals surface area contributed by atoms with Crippen LogP contribution >= 0.6 is 22.6 Å². The number of piperazine rings is 1. The van der Waals surface area contributed by atoms with Gasteiger partial charge in [-0.3, -0.25) is 4.90 Å². The highest BCUT2D eigenvalue weighted by molar-refractivity contribution is 14.1. The van der Waals surface area contributed by atoms with Crippen LogP contribution in [0.5, 0.6) is 0 Å². The van der Waals surface area contributed by atoms with E-state index in [-0.39, 0.29) is 0 Å². The summed E-state index contributed by atoms with van der Waals surface area (Å²) in [6, 6.07) is 9.78. The lowest BCUT2D eigenvalue weighted by molar-refractivity contribution is 0.0338. The molecule has 1 aliphatic heterocycles. The Labute approximate surface area is 142 Å². The molecule has 1 N–H and O–H groups in total. The molecule has 2 nitrogen and oxygen atoms in total. The molecule has 1 aromatic rings. The second-order valence-corrected chi connectivity index (χ2v) is 8.05. The molecule has 0 aromatic heterocycles. The molecule has 0 amide bonds. The number of hydrogen-bond acceptors (Lipinski definition) is 2. The molecule has 1 aliphatic carbocycles. The Kier molecular flexibility index (Phi) is 5.23. The van der Waals surface area contributed by atoms with Gasteiger partial charge >= 0.3 is 0 Å². The zero-order valence-corrected chi connectivity index (χ0v) is 15.2. The van der Waals surface area contributed by atoms with Crippen molar-refractivity contribution in [3.05, 3.63) is 33.4 Å². The van der Waals surface area contributed by atoms with E-state index in [4.69, 9.17) is 0 Å². The molecule has 21 heavy (non-hydrogen) atoms. The Hall–Kier alpha value is -0.130. The van der Waals surface area contributed by atoms with Crippen LogP contribution in [0, 0.1) is 3.57 Å². The minimum Gasteiger partial charge on any atom is -0.311 e. The van der Waals surface area contributed by atoms with Crippen LogP contribution in [0.4, 0.5) is 0 Å². The van der Waals surface area contributed by atoms with Crippen molar-refractivity contribution < 1.29 is 0 Å². The molecule has 1 aromatic carbocycles. The highest BCUT2D eigenvalue weighted by Crippen LogP contribution is 2.38. The first-order chi connectivity index (χ1) is 10.2. The summed E-state index contributed by atoms with van der Waals surface area (Å²) in [7, 11) is 0. The minimum atomic E-state index is 0.438. The van der Waals surface area contributed by atoms with E-state index in [1.807, 2.05) is 0 Å². The van der Waals surface area contributed by atoms with Gasteiger partial charge in [0.1, 0.15) is 0 Å². The lowest BCUT2D eigenvalue weighted by Crippen LogP contribution is -2.63. The van der Waals surface area contributed by atoms with Crippen molar-refractivity contribution in [1.29, 1.82) is 0 Å². The van der Waals surface area contributed by atoms with Crippen LogP contribution in [0.2, 0.25) is 0 Å². The van der Waals surface area contributed by atoms with Gasteiger partial charge in [0, 0.05) is 34.8 Å². The molecule has 1 saturated carbocycles. The minimum absolute atomic E-state index is 0.438. The smallest absolute Gasteiger partial charge is 0.0338 e. The van der Waals surface area contributed by atoms with Crippen molar-refractivity contribution in [3.63, 3.8) is 0 Å². The topological polar surface area (TPSA) is 15.3 Å². The van der Waals surface area contributed by atoms with Gasteiger partial charge in [-0.2, -0.15) is 0 Å². The van der Waals surface area contributed by atoms with Crippen LogP contribution in [0.25, 0.3) is 0 Å². The van der Waals surface area contributed by atoms with Crippen LogP contribution in [-0.2, 0) is 6.54 Å². The average molecular weight is 398 g/mol. The lowest BCUT2D eigenvalue weighted by atomic mass is 9.89. The van der Waals surface area contributed by atoms with E-state index in [2.05, 4.69) is 64.0 Å². The third kappa shape index (κ3) is 3.62. The molecule has 0 radical (unpaired) electrons. The van der Waals surface area contributed by atoms with Crippen LogP contribution in [0.3, 0.4) is 0 Å². The molecule has 3 rings (SSSR count). The number of rotatable bonds is 4. The second kappa shape index (κ2) is 6.97. The molecule has 1 heterocycles. The summed E-state index contributed by atoms with van der Waals surface area (Å²) in [5.41, 5.74) is 1.91. The molecule has 1 unspecified atom stereocenters. The summed E-state index contributed by atoms with van der Waals surface area (Å²) in [6.07, 6.45) is 8.15. The Morgan fingerprint density at radius 1 is 1.24 bits per heavy atom. The van der Waals surface area contributed by atoms with Crippen LogP contribution in [0.1, 0.15) is 51.0 Å². The van der Waals surface area contributed by atoms with Crippen molar-refractivity contribution >= 4 is 22.6 Å². The van der Waals surface area contributed by atoms with Crippen molar-refractivity contribution in [2.75, 3.05) is 13.1 Å². The SMILES string of the molecule is CCCC1CN(Cc2ccc(I)cc2)C2(CCCC2)CN1. The summed E-state index contributed by atoms with van der Waals surface area (Å²) in [6.45, 7) is 5.84. The van der Waals surface area contributed by atoms with Gasteiger partial charge in [0.2, 0.25) is 0 Å². The zero-order valence-electron chi connectivity index (χ0n) is 13.1. The Morgan fingerprint density at radius 3 is 2.62 bits per heavy atom. The van der Waals surface area contributed by atoms with E-state index in [1.165, 1.54) is 60.7 Å². The van der Waals surface area contributed by atoms with Gasteiger partial charge in [0.15, 0.2) is 0 Å². The molecule has 2 fully saturated rings. The first-order valence-corrected chi connectivity index (χ1v) is 9.53. The fraction of sp³-hybridized carbons (Fsp3) is 0.667. The number of nitrogens with zero attached hydrogens (tertiary/aromatic N) is 1. The van der Waals surface area contributed by atoms with Gasteiger partial charge < -0.3 is 5.32 Å². The molecular formula is C18H27IN2. The van der Waals surface area contributed by atoms with Gasteiger partial charge in [-0.05, 0) is 59.5 Å². The van der Waals surface area contributed by atoms with E-state index < -0.39 is 0 Å². The van der Waals surface area contributed by atoms with Crippen LogP contribution in [0.15, 0.2) is 24.3 Å². The molecule has 1 spiro atoms. The zero-order chi connectivity index (χ0) is 14.7. The first-order valence-electron chi connectivity index (χ1n) is 8.45. The quantitative estimate of drug-likeness (QED) is 0.766. The summed E-state index contributed by atoms with van der Waals surface area (Å²) in [5, 5.41) is 3.83. The van der Waals surface area contributed by atoms with Gasteiger partial charge in [-0.25, -0.2) is 0 Å². The lowest BCUT2D eigenvalue weighted by Gasteiger charge is -2.48. The van der Waals surface area contributed by atoms with Gasteiger partial charge in [-0.15, -0.1) is 0 Å². The third-order valence-corrected chi connectivity index (χ3v) is 6.01. The maximum Gasteiger partial charge on any atom is 0.0338 e. The standard InChI is InChI=1S/C18H27IN2/c1-2-5-17-13-21(12-15-6-8-16(19)9-7-15)18(14-20-17)10-3-4-11-18/h6-9,17,20H,2-5,10-14H2,1H3. The summed E-state index contributed by atoms with van der Waals surface area (Å²) < 4.78 is 1.33. The second-order valence-electron chi connectivity index (χ2n) is 6.80. The summed E-state index contributed by atoms with van der Waals surface area (Å²) in [4.78, 5) is 2.80. The molecule has 0 bridgehead atoms. The van der Waals surface area contributed by atoms with E-state index in [9.17, 15) is 0 Å². The third-order valence-electron chi connectivity index (χ3n) is 5.29. The summed E-state index contributed by atoms with van der Waals surface area (Å²) in [5.74, 6) is 0. The van der Waals surface area contributed by atoms with Crippen LogP contribution < -0.4 is 5.32 Å². The number of hydrogen-bond donors (Lipinski definition) is 1. The predicted octanol–water partition coefficient (Wildman–Crippen LogP) is 4.18. The monoisotopic (exact) mass is 398 g/mol. The molecule has 3 heteroatoms. The largest absolute Gasteiger partial charge is 0.311 e. The maximum absolute atomic E-state index is 3.83. The van der Waals surface area contributed by atoms with Gasteiger partial charge in [-0.1, -0.05) is 38.3 Å². The average Bonchev–Trinajstić information content (AvgIpc) is 2.95. The van der Waals surface area contributed by atoms with Crippen LogP contribution in [-0.4, -0.2) is 29.6 Å². The van der Waals surface area contributed by atoms with Crippen molar-refractivity contribution in [3.8, 4) is 0 Å². The Morgan fingerprint density at radius 2 is 1.95 bits per heavy atom. The predicted molar refractivity (Wildman–Crippen MR) is 97.5 cm³/mol. The normalized spacial score (nSPS) is 25.5. The molecule has 116 valence electrons. The molecule has 2 aliphatic rings. The maximum atomic E-state index is 3.83. The molecule has 1 saturated heterocycles. The number of benzene rings is 1. The Balaban J connectivity index is 1.74. The van der Waals surface area contributed by atoms with Crippen molar-refractivity contribution in [1.82, 2.24) is 10.2 Å². The number of halogens is 1. The van der Waals surface area contributed by atoms with E-state index in [1.54, 1.807) is 0 Å². The number of nitrogens with one attached hydrogen (secondary N) is 1.